The third-order valence-electron chi connectivity index (χ3n) is 8.37. The molecule has 0 N–H and O–H groups in total. The molecule has 45 heavy (non-hydrogen) atoms. The summed E-state index contributed by atoms with van der Waals surface area (Å²) < 4.78 is 18.8. The van der Waals surface area contributed by atoms with Crippen molar-refractivity contribution in [3.05, 3.63) is 51.0 Å². The van der Waals surface area contributed by atoms with Gasteiger partial charge in [-0.1, -0.05) is 71.7 Å². The number of aliphatic imine (C=N–C) groups is 1. The maximum absolute atomic E-state index is 13.9. The molecule has 2 aliphatic rings. The highest BCUT2D eigenvalue weighted by molar-refractivity contribution is 8.03. The van der Waals surface area contributed by atoms with Crippen molar-refractivity contribution in [3.8, 4) is 22.8 Å². The van der Waals surface area contributed by atoms with Crippen LogP contribution in [0.4, 0.5) is 0 Å². The van der Waals surface area contributed by atoms with Crippen LogP contribution in [0.1, 0.15) is 85.0 Å². The van der Waals surface area contributed by atoms with Gasteiger partial charge in [0.1, 0.15) is 22.6 Å². The van der Waals surface area contributed by atoms with E-state index in [1.165, 1.54) is 22.5 Å². The molecule has 0 aliphatic carbocycles. The molecule has 0 radical (unpaired) electrons. The minimum Gasteiger partial charge on any atom is -0.496 e. The molecule has 0 amide bonds. The van der Waals surface area contributed by atoms with Gasteiger partial charge in [0.2, 0.25) is 0 Å². The highest BCUT2D eigenvalue weighted by atomic mass is 32.2. The van der Waals surface area contributed by atoms with E-state index in [2.05, 4.69) is 52.5 Å². The zero-order valence-corrected chi connectivity index (χ0v) is 29.4. The lowest BCUT2D eigenvalue weighted by molar-refractivity contribution is 0.170. The third kappa shape index (κ3) is 8.01. The number of nitrogens with zero attached hydrogens (tertiary/aromatic N) is 5. The molecule has 9 nitrogen and oxygen atoms in total. The van der Waals surface area contributed by atoms with Gasteiger partial charge in [0.05, 0.1) is 36.8 Å². The van der Waals surface area contributed by atoms with Gasteiger partial charge in [-0.2, -0.15) is 9.78 Å². The SMILES string of the molecule is CCCCC(CC)COc1ccc(OC)c(-c2nc3n(c(=O)c2C)N=C(C(C)(C)C)/C3=N/C2CC=C(N(CC)CCOC)S2)c1. The average molecular weight is 638 g/mol. The van der Waals surface area contributed by atoms with E-state index < -0.39 is 0 Å². The van der Waals surface area contributed by atoms with Crippen LogP contribution in [0.3, 0.4) is 0 Å². The predicted molar refractivity (Wildman–Crippen MR) is 186 cm³/mol. The van der Waals surface area contributed by atoms with Crippen LogP contribution >= 0.6 is 11.8 Å². The minimum absolute atomic E-state index is 0.0437. The first kappa shape index (κ1) is 34.8. The van der Waals surface area contributed by atoms with Gasteiger partial charge in [-0.05, 0) is 44.4 Å². The summed E-state index contributed by atoms with van der Waals surface area (Å²) in [5, 5.41) is 5.97. The summed E-state index contributed by atoms with van der Waals surface area (Å²) in [6, 6.07) is 5.75. The molecule has 0 saturated carbocycles. The Hall–Kier alpha value is -3.11. The molecule has 3 heterocycles. The van der Waals surface area contributed by atoms with Crippen molar-refractivity contribution in [1.82, 2.24) is 14.6 Å². The lowest BCUT2D eigenvalue weighted by Gasteiger charge is -2.24. The summed E-state index contributed by atoms with van der Waals surface area (Å²) in [6.07, 6.45) is 7.63. The van der Waals surface area contributed by atoms with Crippen molar-refractivity contribution in [2.75, 3.05) is 40.5 Å². The van der Waals surface area contributed by atoms with Gasteiger partial charge in [0.25, 0.3) is 5.56 Å². The summed E-state index contributed by atoms with van der Waals surface area (Å²) in [5.41, 5.74) is 2.63. The van der Waals surface area contributed by atoms with Crippen molar-refractivity contribution >= 4 is 23.2 Å². The molecule has 4 rings (SSSR count). The van der Waals surface area contributed by atoms with Gasteiger partial charge in [-0.15, -0.1) is 0 Å². The Morgan fingerprint density at radius 3 is 2.62 bits per heavy atom. The molecule has 246 valence electrons. The van der Waals surface area contributed by atoms with Gasteiger partial charge in [0, 0.05) is 43.2 Å². The van der Waals surface area contributed by atoms with E-state index in [4.69, 9.17) is 29.3 Å². The molecular formula is C35H51N5O4S. The van der Waals surface area contributed by atoms with E-state index in [9.17, 15) is 4.79 Å². The lowest BCUT2D eigenvalue weighted by Crippen LogP contribution is -2.29. The quantitative estimate of drug-likeness (QED) is 0.205. The topological polar surface area (TPSA) is 90.5 Å². The van der Waals surface area contributed by atoms with E-state index in [1.54, 1.807) is 32.9 Å². The summed E-state index contributed by atoms with van der Waals surface area (Å²) in [5.74, 6) is 2.33. The zero-order chi connectivity index (χ0) is 32.7. The van der Waals surface area contributed by atoms with Crippen LogP contribution < -0.4 is 15.0 Å². The monoisotopic (exact) mass is 637 g/mol. The zero-order valence-electron chi connectivity index (χ0n) is 28.6. The van der Waals surface area contributed by atoms with Crippen LogP contribution in [-0.4, -0.2) is 71.9 Å². The number of unbranched alkanes of at least 4 members (excludes halogenated alkanes) is 1. The highest BCUT2D eigenvalue weighted by Crippen LogP contribution is 2.38. The van der Waals surface area contributed by atoms with E-state index in [0.717, 1.165) is 43.8 Å². The molecule has 2 unspecified atom stereocenters. The Bertz CT molecular complexity index is 1490. The average Bonchev–Trinajstić information content (AvgIpc) is 3.64. The molecule has 2 aliphatic heterocycles. The van der Waals surface area contributed by atoms with Crippen molar-refractivity contribution in [1.29, 1.82) is 0 Å². The first-order valence-corrected chi connectivity index (χ1v) is 17.2. The molecule has 1 aromatic heterocycles. The first-order chi connectivity index (χ1) is 21.6. The van der Waals surface area contributed by atoms with Gasteiger partial charge in [0.15, 0.2) is 5.82 Å². The van der Waals surface area contributed by atoms with Crippen LogP contribution in [0.15, 0.2) is 44.2 Å². The van der Waals surface area contributed by atoms with Gasteiger partial charge in [-0.3, -0.25) is 9.79 Å². The fourth-order valence-corrected chi connectivity index (χ4v) is 6.73. The smallest absolute Gasteiger partial charge is 0.278 e. The summed E-state index contributed by atoms with van der Waals surface area (Å²) >= 11 is 1.74. The number of rotatable bonds is 15. The third-order valence-corrected chi connectivity index (χ3v) is 9.61. The molecule has 2 aromatic rings. The Labute approximate surface area is 273 Å². The number of methoxy groups -OCH3 is 2. The van der Waals surface area contributed by atoms with Gasteiger partial charge in [-0.25, -0.2) is 4.98 Å². The molecule has 0 bridgehead atoms. The van der Waals surface area contributed by atoms with Crippen molar-refractivity contribution < 1.29 is 14.2 Å². The number of ether oxygens (including phenoxy) is 3. The predicted octanol–water partition coefficient (Wildman–Crippen LogP) is 7.15. The number of likely N-dealkylation sites (N-methyl/N-ethyl adjacent to an activating group) is 1. The molecule has 1 aromatic carbocycles. The Kier molecular flexibility index (Phi) is 11.9. The molecule has 0 saturated heterocycles. The highest BCUT2D eigenvalue weighted by Gasteiger charge is 2.36. The van der Waals surface area contributed by atoms with Crippen LogP contribution in [-0.2, 0) is 4.74 Å². The van der Waals surface area contributed by atoms with Crippen LogP contribution in [0, 0.1) is 18.3 Å². The number of hydrogen-bond donors (Lipinski definition) is 0. The van der Waals surface area contributed by atoms with Crippen molar-refractivity contribution in [2.24, 2.45) is 21.4 Å². The summed E-state index contributed by atoms with van der Waals surface area (Å²) in [6.45, 7) is 17.7. The largest absolute Gasteiger partial charge is 0.496 e. The minimum atomic E-state index is -0.348. The molecular weight excluding hydrogens is 586 g/mol. The number of thioether (sulfide) groups is 1. The van der Waals surface area contributed by atoms with E-state index in [1.807, 2.05) is 18.2 Å². The molecule has 0 fully saturated rings. The van der Waals surface area contributed by atoms with Crippen LogP contribution in [0.2, 0.25) is 0 Å². The normalized spacial score (nSPS) is 17.7. The Morgan fingerprint density at radius 1 is 1.20 bits per heavy atom. The summed E-state index contributed by atoms with van der Waals surface area (Å²) in [4.78, 5) is 26.5. The second-order valence-electron chi connectivity index (χ2n) is 12.7. The van der Waals surface area contributed by atoms with E-state index in [-0.39, 0.29) is 16.3 Å². The Morgan fingerprint density at radius 2 is 1.98 bits per heavy atom. The van der Waals surface area contributed by atoms with Crippen LogP contribution in [0.5, 0.6) is 11.5 Å². The summed E-state index contributed by atoms with van der Waals surface area (Å²) in [7, 11) is 3.36. The fourth-order valence-electron chi connectivity index (χ4n) is 5.54. The lowest BCUT2D eigenvalue weighted by atomic mass is 9.87. The molecule has 0 spiro atoms. The number of fused-ring (bicyclic) bond motifs is 1. The number of aromatic nitrogens is 2. The maximum Gasteiger partial charge on any atom is 0.278 e. The van der Waals surface area contributed by atoms with Gasteiger partial charge >= 0.3 is 0 Å². The Balaban J connectivity index is 1.72. The first-order valence-electron chi connectivity index (χ1n) is 16.3. The van der Waals surface area contributed by atoms with Crippen LogP contribution in [0.25, 0.3) is 11.3 Å². The van der Waals surface area contributed by atoms with E-state index >= 15 is 0 Å². The second-order valence-corrected chi connectivity index (χ2v) is 13.9. The number of benzene rings is 1. The van der Waals surface area contributed by atoms with Crippen molar-refractivity contribution in [2.45, 2.75) is 85.9 Å². The van der Waals surface area contributed by atoms with Gasteiger partial charge < -0.3 is 19.1 Å². The standard InChI is InChI=1S/C35H51N5O4S/c1-10-13-14-24(11-2)22-44-25-15-16-27(43-9)26(21-25)30-23(4)34(41)40-33(37-30)31(32(38-40)35(5,6)7)36-28-17-18-29(45-28)39(12-3)19-20-42-8/h15-16,18,21,24,28H,10-14,17,19-20,22H2,1-9H3/b36-31-. The second kappa shape index (κ2) is 15.5. The molecule has 10 heteroatoms. The van der Waals surface area contributed by atoms with E-state index in [0.29, 0.717) is 53.2 Å². The maximum atomic E-state index is 13.9. The fraction of sp³-hybridized carbons (Fsp3) is 0.600. The van der Waals surface area contributed by atoms with Crippen molar-refractivity contribution in [3.63, 3.8) is 0 Å². The molecule has 2 atom stereocenters. The number of hydrogen-bond acceptors (Lipinski definition) is 9.